The molecule has 9 heteroatoms. The number of fused-ring (bicyclic) bond motifs is 1. The van der Waals surface area contributed by atoms with E-state index in [9.17, 15) is 9.59 Å². The van der Waals surface area contributed by atoms with Gasteiger partial charge in [-0.05, 0) is 39.8 Å². The van der Waals surface area contributed by atoms with Crippen LogP contribution < -0.4 is 15.5 Å². The molecule has 2 amide bonds. The van der Waals surface area contributed by atoms with Crippen molar-refractivity contribution in [3.05, 3.63) is 24.3 Å². The molecule has 1 atom stereocenters. The minimum absolute atomic E-state index is 0.0215. The van der Waals surface area contributed by atoms with E-state index in [1.54, 1.807) is 6.07 Å². The molecule has 26 heavy (non-hydrogen) atoms. The SMILES string of the molecule is C[C@@H](Sc1nnc(NC(C)(C)C)s1)C(=O)N1CC(=O)Nc2ccccc21. The number of nitrogens with zero attached hydrogens (tertiary/aromatic N) is 3. The molecule has 0 radical (unpaired) electrons. The molecule has 2 heterocycles. The lowest BCUT2D eigenvalue weighted by atomic mass is 10.1. The highest BCUT2D eigenvalue weighted by atomic mass is 32.2. The van der Waals surface area contributed by atoms with Crippen LogP contribution in [0.4, 0.5) is 16.5 Å². The van der Waals surface area contributed by atoms with Crippen molar-refractivity contribution in [3.8, 4) is 0 Å². The average Bonchev–Trinajstić information content (AvgIpc) is 2.98. The summed E-state index contributed by atoms with van der Waals surface area (Å²) < 4.78 is 0.715. The van der Waals surface area contributed by atoms with E-state index in [4.69, 9.17) is 0 Å². The van der Waals surface area contributed by atoms with Gasteiger partial charge in [-0.3, -0.25) is 14.5 Å². The monoisotopic (exact) mass is 391 g/mol. The molecule has 0 aliphatic carbocycles. The Hall–Kier alpha value is -2.13. The highest BCUT2D eigenvalue weighted by Gasteiger charge is 2.30. The van der Waals surface area contributed by atoms with Crippen molar-refractivity contribution in [1.82, 2.24) is 10.2 Å². The second-order valence-corrected chi connectivity index (χ2v) is 9.56. The van der Waals surface area contributed by atoms with Gasteiger partial charge in [0.05, 0.1) is 16.6 Å². The summed E-state index contributed by atoms with van der Waals surface area (Å²) in [7, 11) is 0. The van der Waals surface area contributed by atoms with Crippen LogP contribution in [0.5, 0.6) is 0 Å². The predicted molar refractivity (Wildman–Crippen MR) is 106 cm³/mol. The Morgan fingerprint density at radius 2 is 2.08 bits per heavy atom. The van der Waals surface area contributed by atoms with Crippen molar-refractivity contribution in [2.75, 3.05) is 22.1 Å². The zero-order valence-electron chi connectivity index (χ0n) is 15.1. The van der Waals surface area contributed by atoms with Crippen LogP contribution in [0.3, 0.4) is 0 Å². The molecular formula is C17H21N5O2S2. The zero-order valence-corrected chi connectivity index (χ0v) is 16.7. The third-order valence-corrected chi connectivity index (χ3v) is 5.56. The third kappa shape index (κ3) is 4.34. The summed E-state index contributed by atoms with van der Waals surface area (Å²) in [5.41, 5.74) is 1.27. The van der Waals surface area contributed by atoms with E-state index >= 15 is 0 Å². The van der Waals surface area contributed by atoms with E-state index in [2.05, 4.69) is 20.8 Å². The Kier molecular flexibility index (Phi) is 5.19. The van der Waals surface area contributed by atoms with Gasteiger partial charge >= 0.3 is 0 Å². The highest BCUT2D eigenvalue weighted by Crippen LogP contribution is 2.34. The summed E-state index contributed by atoms with van der Waals surface area (Å²) in [5.74, 6) is -0.320. The maximum Gasteiger partial charge on any atom is 0.244 e. The van der Waals surface area contributed by atoms with Gasteiger partial charge < -0.3 is 10.6 Å². The number of rotatable bonds is 4. The lowest BCUT2D eigenvalue weighted by molar-refractivity contribution is -0.121. The van der Waals surface area contributed by atoms with Crippen molar-refractivity contribution in [1.29, 1.82) is 0 Å². The van der Waals surface area contributed by atoms with Crippen LogP contribution in [-0.2, 0) is 9.59 Å². The molecule has 138 valence electrons. The zero-order chi connectivity index (χ0) is 18.9. The van der Waals surface area contributed by atoms with Crippen LogP contribution in [0.15, 0.2) is 28.6 Å². The van der Waals surface area contributed by atoms with Gasteiger partial charge in [0.2, 0.25) is 16.9 Å². The molecule has 7 nitrogen and oxygen atoms in total. The largest absolute Gasteiger partial charge is 0.355 e. The quantitative estimate of drug-likeness (QED) is 0.778. The second kappa shape index (κ2) is 7.24. The summed E-state index contributed by atoms with van der Waals surface area (Å²) in [6, 6.07) is 7.31. The van der Waals surface area contributed by atoms with E-state index in [0.717, 1.165) is 10.8 Å². The van der Waals surface area contributed by atoms with Gasteiger partial charge in [0.15, 0.2) is 4.34 Å². The van der Waals surface area contributed by atoms with Crippen LogP contribution in [0, 0.1) is 0 Å². The molecule has 1 aromatic heterocycles. The summed E-state index contributed by atoms with van der Waals surface area (Å²) >= 11 is 2.77. The third-order valence-electron chi connectivity index (χ3n) is 3.55. The van der Waals surface area contributed by atoms with Gasteiger partial charge in [0.1, 0.15) is 6.54 Å². The summed E-state index contributed by atoms with van der Waals surface area (Å²) in [6.07, 6.45) is 0. The number of aromatic nitrogens is 2. The summed E-state index contributed by atoms with van der Waals surface area (Å²) in [6.45, 7) is 7.98. The molecule has 0 spiro atoms. The van der Waals surface area contributed by atoms with E-state index < -0.39 is 0 Å². The predicted octanol–water partition coefficient (Wildman–Crippen LogP) is 3.21. The lowest BCUT2D eigenvalue weighted by Gasteiger charge is -2.30. The van der Waals surface area contributed by atoms with Gasteiger partial charge in [-0.2, -0.15) is 0 Å². The average molecular weight is 392 g/mol. The molecule has 2 N–H and O–H groups in total. The van der Waals surface area contributed by atoms with Gasteiger partial charge in [-0.1, -0.05) is 35.2 Å². The van der Waals surface area contributed by atoms with Crippen LogP contribution in [-0.4, -0.2) is 39.3 Å². The van der Waals surface area contributed by atoms with Gasteiger partial charge in [0.25, 0.3) is 0 Å². The number of hydrogen-bond acceptors (Lipinski definition) is 7. The van der Waals surface area contributed by atoms with Crippen molar-refractivity contribution >= 4 is 51.4 Å². The molecule has 0 fully saturated rings. The molecule has 0 bridgehead atoms. The van der Waals surface area contributed by atoms with Crippen molar-refractivity contribution < 1.29 is 9.59 Å². The standard InChI is InChI=1S/C17H21N5O2S2/c1-10(25-16-21-20-15(26-16)19-17(2,3)4)14(24)22-9-13(23)18-11-7-5-6-8-12(11)22/h5-8,10H,9H2,1-4H3,(H,18,23)(H,19,20)/t10-/m1/s1. The molecule has 2 aromatic rings. The Morgan fingerprint density at radius 3 is 2.81 bits per heavy atom. The van der Waals surface area contributed by atoms with Crippen LogP contribution in [0.25, 0.3) is 0 Å². The van der Waals surface area contributed by atoms with Crippen LogP contribution in [0.2, 0.25) is 0 Å². The van der Waals surface area contributed by atoms with Crippen LogP contribution in [0.1, 0.15) is 27.7 Å². The Labute approximate surface area is 160 Å². The van der Waals surface area contributed by atoms with E-state index in [1.165, 1.54) is 28.0 Å². The molecule has 1 aliphatic heterocycles. The lowest BCUT2D eigenvalue weighted by Crippen LogP contribution is -2.45. The Balaban J connectivity index is 1.72. The van der Waals surface area contributed by atoms with Gasteiger partial charge in [-0.15, -0.1) is 10.2 Å². The van der Waals surface area contributed by atoms with Gasteiger partial charge in [0, 0.05) is 5.54 Å². The number of thioether (sulfide) groups is 1. The fourth-order valence-corrected chi connectivity index (χ4v) is 4.65. The fraction of sp³-hybridized carbons (Fsp3) is 0.412. The molecule has 0 saturated carbocycles. The molecule has 1 aromatic carbocycles. The topological polar surface area (TPSA) is 87.2 Å². The molecule has 0 unspecified atom stereocenters. The first-order chi connectivity index (χ1) is 12.2. The second-order valence-electron chi connectivity index (χ2n) is 7.00. The maximum atomic E-state index is 12.9. The molecule has 1 aliphatic rings. The number of nitrogens with one attached hydrogen (secondary N) is 2. The number of anilines is 3. The number of hydrogen-bond donors (Lipinski definition) is 2. The first-order valence-corrected chi connectivity index (χ1v) is 9.91. The van der Waals surface area contributed by atoms with Crippen molar-refractivity contribution in [3.63, 3.8) is 0 Å². The Morgan fingerprint density at radius 1 is 1.35 bits per heavy atom. The molecule has 3 rings (SSSR count). The number of benzene rings is 1. The van der Waals surface area contributed by atoms with Crippen molar-refractivity contribution in [2.24, 2.45) is 0 Å². The summed E-state index contributed by atoms with van der Waals surface area (Å²) in [5, 5.41) is 14.7. The number of carbonyl (C=O) groups is 2. The summed E-state index contributed by atoms with van der Waals surface area (Å²) in [4.78, 5) is 26.4. The minimum Gasteiger partial charge on any atom is -0.355 e. The van der Waals surface area contributed by atoms with Crippen LogP contribution >= 0.6 is 23.1 Å². The highest BCUT2D eigenvalue weighted by molar-refractivity contribution is 8.02. The fourth-order valence-electron chi connectivity index (χ4n) is 2.48. The number of amides is 2. The van der Waals surface area contributed by atoms with E-state index in [-0.39, 0.29) is 29.1 Å². The first-order valence-electron chi connectivity index (χ1n) is 8.21. The van der Waals surface area contributed by atoms with Crippen molar-refractivity contribution in [2.45, 2.75) is 42.8 Å². The normalized spacial score (nSPS) is 15.2. The molecule has 0 saturated heterocycles. The first kappa shape index (κ1) is 18.7. The Bertz CT molecular complexity index is 831. The smallest absolute Gasteiger partial charge is 0.244 e. The number of para-hydroxylation sites is 2. The molecular weight excluding hydrogens is 370 g/mol. The number of carbonyl (C=O) groups excluding carboxylic acids is 2. The van der Waals surface area contributed by atoms with E-state index in [1.807, 2.05) is 45.9 Å². The maximum absolute atomic E-state index is 12.9. The van der Waals surface area contributed by atoms with E-state index in [0.29, 0.717) is 10.0 Å². The minimum atomic E-state index is -0.385. The van der Waals surface area contributed by atoms with Gasteiger partial charge in [-0.25, -0.2) is 0 Å².